The minimum absolute atomic E-state index is 0.0137. The number of rotatable bonds is 12. The minimum Gasteiger partial charge on any atom is -0.481 e. The molecule has 1 saturated carbocycles. The van der Waals surface area contributed by atoms with Crippen LogP contribution in [0.5, 0.6) is 0 Å². The van der Waals surface area contributed by atoms with Crippen LogP contribution < -0.4 is 0 Å². The summed E-state index contributed by atoms with van der Waals surface area (Å²) in [5.74, 6) is -0.223. The molecule has 1 aliphatic rings. The minimum atomic E-state index is -0.767. The van der Waals surface area contributed by atoms with Gasteiger partial charge in [-0.25, -0.2) is 0 Å². The molecular weight excluding hydrogens is 304 g/mol. The molecule has 0 aromatic heterocycles. The summed E-state index contributed by atoms with van der Waals surface area (Å²) in [4.78, 5) is 22.5. The van der Waals surface area contributed by atoms with E-state index in [-0.39, 0.29) is 18.3 Å². The average Bonchev–Trinajstić information content (AvgIpc) is 2.89. The van der Waals surface area contributed by atoms with Crippen LogP contribution in [0.3, 0.4) is 0 Å². The average molecular weight is 336 g/mol. The first kappa shape index (κ1) is 20.6. The highest BCUT2D eigenvalue weighted by atomic mass is 16.4. The molecule has 2 N–H and O–H groups in total. The van der Waals surface area contributed by atoms with Crippen LogP contribution in [0, 0.1) is 11.8 Å². The Bertz CT molecular complexity index is 439. The van der Waals surface area contributed by atoms with Crippen molar-refractivity contribution in [3.05, 3.63) is 24.3 Å². The summed E-state index contributed by atoms with van der Waals surface area (Å²) >= 11 is 0. The van der Waals surface area contributed by atoms with Crippen molar-refractivity contribution in [1.29, 1.82) is 0 Å². The van der Waals surface area contributed by atoms with E-state index in [1.165, 1.54) is 0 Å². The number of carboxylic acid groups (broad SMARTS) is 1. The van der Waals surface area contributed by atoms with Crippen LogP contribution in [0.2, 0.25) is 0 Å². The normalized spacial score (nSPS) is 22.7. The van der Waals surface area contributed by atoms with Crippen LogP contribution in [0.25, 0.3) is 0 Å². The van der Waals surface area contributed by atoms with Crippen LogP contribution >= 0.6 is 0 Å². The van der Waals surface area contributed by atoms with Crippen molar-refractivity contribution in [3.8, 4) is 0 Å². The van der Waals surface area contributed by atoms with E-state index in [9.17, 15) is 14.7 Å². The maximum absolute atomic E-state index is 12.0. The number of hydrogen-bond donors (Lipinski definition) is 2. The monoisotopic (exact) mass is 336 g/mol. The summed E-state index contributed by atoms with van der Waals surface area (Å²) in [6, 6.07) is 0. The van der Waals surface area contributed by atoms with Crippen LogP contribution in [-0.2, 0) is 9.59 Å². The second-order valence-electron chi connectivity index (χ2n) is 6.72. The zero-order chi connectivity index (χ0) is 17.8. The quantitative estimate of drug-likeness (QED) is 0.412. The largest absolute Gasteiger partial charge is 0.481 e. The lowest BCUT2D eigenvalue weighted by Gasteiger charge is -2.13. The Balaban J connectivity index is 2.37. The lowest BCUT2D eigenvalue weighted by molar-refractivity contribution is -0.137. The Morgan fingerprint density at radius 1 is 1.29 bits per heavy atom. The summed E-state index contributed by atoms with van der Waals surface area (Å²) in [5, 5.41) is 18.6. The Kier molecular flexibility index (Phi) is 10.3. The molecule has 1 rings (SSSR count). The number of hydrogen-bond acceptors (Lipinski definition) is 3. The molecule has 24 heavy (non-hydrogen) atoms. The van der Waals surface area contributed by atoms with E-state index in [0.29, 0.717) is 25.0 Å². The molecule has 4 nitrogen and oxygen atoms in total. The van der Waals surface area contributed by atoms with Gasteiger partial charge < -0.3 is 10.2 Å². The topological polar surface area (TPSA) is 74.6 Å². The van der Waals surface area contributed by atoms with Crippen LogP contribution in [-0.4, -0.2) is 28.1 Å². The van der Waals surface area contributed by atoms with Gasteiger partial charge in [0, 0.05) is 18.8 Å². The molecule has 136 valence electrons. The third-order valence-corrected chi connectivity index (χ3v) is 4.66. The number of aliphatic carboxylic acids is 1. The first-order valence-corrected chi connectivity index (χ1v) is 9.30. The summed E-state index contributed by atoms with van der Waals surface area (Å²) in [6.45, 7) is 2.14. The molecule has 1 fully saturated rings. The summed E-state index contributed by atoms with van der Waals surface area (Å²) in [7, 11) is 0. The van der Waals surface area contributed by atoms with E-state index < -0.39 is 12.1 Å². The summed E-state index contributed by atoms with van der Waals surface area (Å²) in [5.41, 5.74) is 0. The third kappa shape index (κ3) is 8.44. The van der Waals surface area contributed by atoms with Crippen LogP contribution in [0.15, 0.2) is 24.3 Å². The second kappa shape index (κ2) is 12.0. The Morgan fingerprint density at radius 3 is 2.79 bits per heavy atom. The fourth-order valence-corrected chi connectivity index (χ4v) is 3.17. The van der Waals surface area contributed by atoms with Gasteiger partial charge in [-0.15, -0.1) is 0 Å². The lowest BCUT2D eigenvalue weighted by Crippen LogP contribution is -2.13. The van der Waals surface area contributed by atoms with E-state index in [2.05, 4.69) is 6.92 Å². The molecule has 0 spiro atoms. The number of ketones is 1. The van der Waals surface area contributed by atoms with Crippen molar-refractivity contribution in [2.24, 2.45) is 11.8 Å². The van der Waals surface area contributed by atoms with Crippen LogP contribution in [0.4, 0.5) is 0 Å². The van der Waals surface area contributed by atoms with Crippen molar-refractivity contribution in [1.82, 2.24) is 0 Å². The van der Waals surface area contributed by atoms with Gasteiger partial charge >= 0.3 is 5.97 Å². The van der Waals surface area contributed by atoms with Crippen LogP contribution in [0.1, 0.15) is 71.1 Å². The smallest absolute Gasteiger partial charge is 0.303 e. The maximum atomic E-state index is 12.0. The predicted octanol–water partition coefficient (Wildman–Crippen LogP) is 4.28. The highest BCUT2D eigenvalue weighted by Crippen LogP contribution is 2.33. The number of carbonyl (C=O) groups is 2. The van der Waals surface area contributed by atoms with Gasteiger partial charge in [-0.05, 0) is 38.0 Å². The molecule has 1 aliphatic carbocycles. The molecule has 3 unspecified atom stereocenters. The zero-order valence-electron chi connectivity index (χ0n) is 14.8. The van der Waals surface area contributed by atoms with Gasteiger partial charge in [0.1, 0.15) is 5.78 Å². The number of unbranched alkanes of at least 4 members (excludes halogenated alkanes) is 3. The molecule has 0 aromatic rings. The van der Waals surface area contributed by atoms with E-state index in [1.54, 1.807) is 0 Å². The molecule has 0 saturated heterocycles. The maximum Gasteiger partial charge on any atom is 0.303 e. The molecular formula is C20H32O4. The fraction of sp³-hybridized carbons (Fsp3) is 0.700. The van der Waals surface area contributed by atoms with E-state index in [4.69, 9.17) is 5.11 Å². The molecule has 4 heteroatoms. The highest BCUT2D eigenvalue weighted by molar-refractivity contribution is 5.83. The van der Waals surface area contributed by atoms with Gasteiger partial charge in [0.25, 0.3) is 0 Å². The van der Waals surface area contributed by atoms with Gasteiger partial charge in [0.15, 0.2) is 0 Å². The Morgan fingerprint density at radius 2 is 2.08 bits per heavy atom. The van der Waals surface area contributed by atoms with Crippen molar-refractivity contribution in [2.75, 3.05) is 0 Å². The first-order chi connectivity index (χ1) is 11.5. The SMILES string of the molecule is CCCCCC(O)/C=C/C1CCC(=O)C1C/C=C\CCCC(=O)O. The molecule has 0 aromatic carbocycles. The van der Waals surface area contributed by atoms with Gasteiger partial charge in [-0.2, -0.15) is 0 Å². The number of allylic oxidation sites excluding steroid dienone is 3. The molecule has 0 bridgehead atoms. The first-order valence-electron chi connectivity index (χ1n) is 9.30. The molecule has 0 amide bonds. The number of aliphatic hydroxyl groups is 1. The van der Waals surface area contributed by atoms with Crippen molar-refractivity contribution < 1.29 is 19.8 Å². The zero-order valence-corrected chi connectivity index (χ0v) is 14.8. The van der Waals surface area contributed by atoms with Crippen molar-refractivity contribution in [3.63, 3.8) is 0 Å². The molecule has 0 heterocycles. The van der Waals surface area contributed by atoms with Crippen molar-refractivity contribution >= 4 is 11.8 Å². The summed E-state index contributed by atoms with van der Waals surface area (Å²) in [6.07, 6.45) is 15.4. The number of aliphatic hydroxyl groups excluding tert-OH is 1. The lowest BCUT2D eigenvalue weighted by atomic mass is 9.91. The Hall–Kier alpha value is -1.42. The summed E-state index contributed by atoms with van der Waals surface area (Å²) < 4.78 is 0. The molecule has 0 aliphatic heterocycles. The molecule has 0 radical (unpaired) electrons. The van der Waals surface area contributed by atoms with Gasteiger partial charge in [-0.3, -0.25) is 9.59 Å². The predicted molar refractivity (Wildman–Crippen MR) is 95.8 cm³/mol. The number of carboxylic acids is 1. The van der Waals surface area contributed by atoms with Gasteiger partial charge in [0.05, 0.1) is 6.10 Å². The van der Waals surface area contributed by atoms with Gasteiger partial charge in [-0.1, -0.05) is 50.5 Å². The van der Waals surface area contributed by atoms with E-state index >= 15 is 0 Å². The van der Waals surface area contributed by atoms with Gasteiger partial charge in [0.2, 0.25) is 0 Å². The number of Topliss-reactive ketones (excluding diaryl/α,β-unsaturated/α-hetero) is 1. The molecule has 3 atom stereocenters. The highest BCUT2D eigenvalue weighted by Gasteiger charge is 2.31. The third-order valence-electron chi connectivity index (χ3n) is 4.66. The van der Waals surface area contributed by atoms with Crippen molar-refractivity contribution in [2.45, 2.75) is 77.2 Å². The van der Waals surface area contributed by atoms with E-state index in [1.807, 2.05) is 24.3 Å². The van der Waals surface area contributed by atoms with E-state index in [0.717, 1.165) is 38.5 Å². The Labute approximate surface area is 145 Å². The second-order valence-corrected chi connectivity index (χ2v) is 6.72. The fourth-order valence-electron chi connectivity index (χ4n) is 3.17. The standard InChI is InChI=1S/C20H32O4/c1-2-3-6-9-17(21)14-12-16-13-15-19(22)18(16)10-7-4-5-8-11-20(23)24/h4,7,12,14,16-18,21H,2-3,5-6,8-11,13,15H2,1H3,(H,23,24)/b7-4-,14-12+. The number of carbonyl (C=O) groups excluding carboxylic acids is 1.